The topological polar surface area (TPSA) is 46.2 Å². The first-order valence-electron chi connectivity index (χ1n) is 5.45. The second-order valence-corrected chi connectivity index (χ2v) is 3.96. The normalized spacial score (nSPS) is 11.9. The van der Waals surface area contributed by atoms with Crippen molar-refractivity contribution in [1.29, 1.82) is 0 Å². The van der Waals surface area contributed by atoms with Crippen LogP contribution in [0.5, 0.6) is 0 Å². The number of anilines is 1. The van der Waals surface area contributed by atoms with E-state index in [1.807, 2.05) is 37.3 Å². The second kappa shape index (κ2) is 6.05. The lowest BCUT2D eigenvalue weighted by Crippen LogP contribution is -2.14. The number of carbonyl (C=O) groups is 2. The van der Waals surface area contributed by atoms with Crippen molar-refractivity contribution < 1.29 is 9.59 Å². The van der Waals surface area contributed by atoms with Crippen LogP contribution in [0.3, 0.4) is 0 Å². The molecule has 3 heteroatoms. The predicted molar refractivity (Wildman–Crippen MR) is 64.2 cm³/mol. The van der Waals surface area contributed by atoms with Crippen LogP contribution in [0.15, 0.2) is 30.3 Å². The number of carbonyl (C=O) groups excluding carboxylic acids is 2. The number of para-hydroxylation sites is 1. The molecule has 1 aromatic carbocycles. The second-order valence-electron chi connectivity index (χ2n) is 3.96. The molecule has 0 bridgehead atoms. The third-order valence-corrected chi connectivity index (χ3v) is 2.56. The zero-order valence-corrected chi connectivity index (χ0v) is 9.69. The lowest BCUT2D eigenvalue weighted by atomic mass is 10.0. The van der Waals surface area contributed by atoms with Gasteiger partial charge in [-0.3, -0.25) is 9.59 Å². The molecule has 0 spiro atoms. The van der Waals surface area contributed by atoms with Crippen LogP contribution in [0.1, 0.15) is 26.7 Å². The molecule has 1 amide bonds. The average Bonchev–Trinajstić information content (AvgIpc) is 2.27. The molecule has 16 heavy (non-hydrogen) atoms. The highest BCUT2D eigenvalue weighted by Gasteiger charge is 2.10. The highest BCUT2D eigenvalue weighted by molar-refractivity contribution is 5.91. The Morgan fingerprint density at radius 1 is 1.25 bits per heavy atom. The molecule has 0 saturated carbocycles. The predicted octanol–water partition coefficient (Wildman–Crippen LogP) is 2.63. The molecule has 86 valence electrons. The first-order chi connectivity index (χ1) is 7.59. The van der Waals surface area contributed by atoms with Crippen molar-refractivity contribution >= 4 is 17.4 Å². The Labute approximate surface area is 95.9 Å². The van der Waals surface area contributed by atoms with E-state index in [4.69, 9.17) is 0 Å². The first kappa shape index (κ1) is 12.4. The van der Waals surface area contributed by atoms with Gasteiger partial charge in [0.2, 0.25) is 5.91 Å². The summed E-state index contributed by atoms with van der Waals surface area (Å²) in [7, 11) is 0. The van der Waals surface area contributed by atoms with Crippen molar-refractivity contribution in [2.45, 2.75) is 26.7 Å². The van der Waals surface area contributed by atoms with E-state index in [1.54, 1.807) is 6.92 Å². The van der Waals surface area contributed by atoms with Crippen molar-refractivity contribution in [2.75, 3.05) is 5.32 Å². The fourth-order valence-corrected chi connectivity index (χ4v) is 1.30. The largest absolute Gasteiger partial charge is 0.326 e. The van der Waals surface area contributed by atoms with Crippen LogP contribution in [-0.4, -0.2) is 11.7 Å². The van der Waals surface area contributed by atoms with Crippen LogP contribution in [-0.2, 0) is 9.59 Å². The van der Waals surface area contributed by atoms with Crippen LogP contribution in [0, 0.1) is 5.92 Å². The number of Topliss-reactive ketones (excluding diaryl/α,β-unsaturated/α-hetero) is 1. The standard InChI is InChI=1S/C13H17NO2/c1-10(11(2)15)8-9-13(16)14-12-6-4-3-5-7-12/h3-7,10H,8-9H2,1-2H3,(H,14,16). The summed E-state index contributed by atoms with van der Waals surface area (Å²) in [5.41, 5.74) is 0.794. The molecule has 0 aromatic heterocycles. The molecule has 0 heterocycles. The highest BCUT2D eigenvalue weighted by Crippen LogP contribution is 2.09. The Kier molecular flexibility index (Phi) is 4.70. The minimum Gasteiger partial charge on any atom is -0.326 e. The van der Waals surface area contributed by atoms with E-state index >= 15 is 0 Å². The van der Waals surface area contributed by atoms with Crippen LogP contribution < -0.4 is 5.32 Å². The van der Waals surface area contributed by atoms with Gasteiger partial charge in [0.25, 0.3) is 0 Å². The Hall–Kier alpha value is -1.64. The van der Waals surface area contributed by atoms with Crippen LogP contribution in [0.4, 0.5) is 5.69 Å². The fraction of sp³-hybridized carbons (Fsp3) is 0.385. The summed E-state index contributed by atoms with van der Waals surface area (Å²) in [6, 6.07) is 9.31. The van der Waals surface area contributed by atoms with Gasteiger partial charge < -0.3 is 5.32 Å². The SMILES string of the molecule is CC(=O)C(C)CCC(=O)Nc1ccccc1. The minimum atomic E-state index is -0.0423. The van der Waals surface area contributed by atoms with Crippen LogP contribution >= 0.6 is 0 Å². The monoisotopic (exact) mass is 219 g/mol. The van der Waals surface area contributed by atoms with Gasteiger partial charge in [-0.25, -0.2) is 0 Å². The van der Waals surface area contributed by atoms with Crippen molar-refractivity contribution in [2.24, 2.45) is 5.92 Å². The third kappa shape index (κ3) is 4.26. The number of hydrogen-bond donors (Lipinski definition) is 1. The van der Waals surface area contributed by atoms with Gasteiger partial charge >= 0.3 is 0 Å². The van der Waals surface area contributed by atoms with E-state index < -0.39 is 0 Å². The number of nitrogens with one attached hydrogen (secondary N) is 1. The van der Waals surface area contributed by atoms with Gasteiger partial charge in [-0.05, 0) is 25.5 Å². The summed E-state index contributed by atoms with van der Waals surface area (Å²) in [6.07, 6.45) is 0.990. The van der Waals surface area contributed by atoms with Crippen molar-refractivity contribution in [1.82, 2.24) is 0 Å². The minimum absolute atomic E-state index is 0.0403. The first-order valence-corrected chi connectivity index (χ1v) is 5.45. The van der Waals surface area contributed by atoms with Crippen molar-refractivity contribution in [3.8, 4) is 0 Å². The van der Waals surface area contributed by atoms with E-state index in [1.165, 1.54) is 0 Å². The molecule has 0 aliphatic heterocycles. The Morgan fingerprint density at radius 3 is 2.44 bits per heavy atom. The summed E-state index contributed by atoms with van der Waals surface area (Å²) in [5.74, 6) is 0.0494. The molecule has 0 saturated heterocycles. The average molecular weight is 219 g/mol. The zero-order valence-electron chi connectivity index (χ0n) is 9.69. The van der Waals surface area contributed by atoms with E-state index in [9.17, 15) is 9.59 Å². The number of ketones is 1. The molecule has 0 aliphatic rings. The summed E-state index contributed by atoms with van der Waals surface area (Å²) < 4.78 is 0. The maximum atomic E-state index is 11.5. The Bertz CT molecular complexity index is 359. The quantitative estimate of drug-likeness (QED) is 0.827. The van der Waals surface area contributed by atoms with Gasteiger partial charge in [0.1, 0.15) is 5.78 Å². The lowest BCUT2D eigenvalue weighted by molar-refractivity contribution is -0.121. The molecule has 0 radical (unpaired) electrons. The summed E-state index contributed by atoms with van der Waals surface area (Å²) in [4.78, 5) is 22.5. The van der Waals surface area contributed by atoms with Gasteiger partial charge in [0.05, 0.1) is 0 Å². The van der Waals surface area contributed by atoms with E-state index in [-0.39, 0.29) is 17.6 Å². The maximum Gasteiger partial charge on any atom is 0.224 e. The van der Waals surface area contributed by atoms with E-state index in [0.717, 1.165) is 5.69 Å². The smallest absolute Gasteiger partial charge is 0.224 e. The maximum absolute atomic E-state index is 11.5. The number of rotatable bonds is 5. The third-order valence-electron chi connectivity index (χ3n) is 2.56. The molecule has 3 nitrogen and oxygen atoms in total. The van der Waals surface area contributed by atoms with Gasteiger partial charge in [0.15, 0.2) is 0 Å². The Balaban J connectivity index is 2.35. The van der Waals surface area contributed by atoms with E-state index in [0.29, 0.717) is 12.8 Å². The van der Waals surface area contributed by atoms with Gasteiger partial charge in [0, 0.05) is 18.0 Å². The van der Waals surface area contributed by atoms with Gasteiger partial charge in [-0.1, -0.05) is 25.1 Å². The Morgan fingerprint density at radius 2 is 1.88 bits per heavy atom. The molecule has 1 atom stereocenters. The zero-order chi connectivity index (χ0) is 12.0. The fourth-order valence-electron chi connectivity index (χ4n) is 1.30. The number of amides is 1. The van der Waals surface area contributed by atoms with Crippen molar-refractivity contribution in [3.63, 3.8) is 0 Å². The number of hydrogen-bond acceptors (Lipinski definition) is 2. The summed E-state index contributed by atoms with van der Waals surface area (Å²) >= 11 is 0. The summed E-state index contributed by atoms with van der Waals surface area (Å²) in [5, 5.41) is 2.79. The van der Waals surface area contributed by atoms with Crippen LogP contribution in [0.25, 0.3) is 0 Å². The van der Waals surface area contributed by atoms with Crippen molar-refractivity contribution in [3.05, 3.63) is 30.3 Å². The molecular formula is C13H17NO2. The highest BCUT2D eigenvalue weighted by atomic mass is 16.1. The molecule has 1 N–H and O–H groups in total. The molecule has 1 rings (SSSR count). The van der Waals surface area contributed by atoms with Crippen LogP contribution in [0.2, 0.25) is 0 Å². The lowest BCUT2D eigenvalue weighted by Gasteiger charge is -2.07. The number of benzene rings is 1. The molecular weight excluding hydrogens is 202 g/mol. The molecule has 1 unspecified atom stereocenters. The van der Waals surface area contributed by atoms with Gasteiger partial charge in [-0.2, -0.15) is 0 Å². The van der Waals surface area contributed by atoms with E-state index in [2.05, 4.69) is 5.32 Å². The van der Waals surface area contributed by atoms with Gasteiger partial charge in [-0.15, -0.1) is 0 Å². The molecule has 0 fully saturated rings. The molecule has 0 aliphatic carbocycles. The summed E-state index contributed by atoms with van der Waals surface area (Å²) in [6.45, 7) is 3.40. The molecule has 1 aromatic rings.